The SMILES string of the molecule is c1ccc(-c2ccc(-c3nc(-c4ccc(-c5ccccn5)cc4)nc(-n4c5ccccc5c5ccc6c(cc7c8ccccc8c8ccccc8n76)c54)n3)cc2)nc1. The summed E-state index contributed by atoms with van der Waals surface area (Å²) in [4.78, 5) is 24.9. The third-order valence-electron chi connectivity index (χ3n) is 11.3. The molecule has 0 aliphatic rings. The Morgan fingerprint density at radius 2 is 0.810 bits per heavy atom. The number of para-hydroxylation sites is 2. The second-order valence-corrected chi connectivity index (χ2v) is 14.5. The van der Waals surface area contributed by atoms with Crippen molar-refractivity contribution in [2.75, 3.05) is 0 Å². The van der Waals surface area contributed by atoms with Crippen LogP contribution in [0.3, 0.4) is 0 Å². The number of benzene rings is 6. The van der Waals surface area contributed by atoms with Crippen molar-refractivity contribution < 1.29 is 0 Å². The fraction of sp³-hybridized carbons (Fsp3) is 0. The normalized spacial score (nSPS) is 11.8. The van der Waals surface area contributed by atoms with Gasteiger partial charge in [-0.3, -0.25) is 14.5 Å². The highest BCUT2D eigenvalue weighted by Gasteiger charge is 2.22. The molecule has 0 bridgehead atoms. The number of fused-ring (bicyclic) bond motifs is 12. The Kier molecular flexibility index (Phi) is 7.09. The van der Waals surface area contributed by atoms with Crippen molar-refractivity contribution >= 4 is 59.9 Å². The van der Waals surface area contributed by atoms with Gasteiger partial charge in [-0.2, -0.15) is 9.97 Å². The molecule has 0 aliphatic carbocycles. The van der Waals surface area contributed by atoms with Crippen LogP contribution in [0, 0.1) is 0 Å². The first-order valence-electron chi connectivity index (χ1n) is 19.3. The monoisotopic (exact) mass is 741 g/mol. The van der Waals surface area contributed by atoms with Gasteiger partial charge in [0.05, 0.1) is 39.0 Å². The first-order valence-corrected chi connectivity index (χ1v) is 19.3. The minimum atomic E-state index is 0.547. The lowest BCUT2D eigenvalue weighted by Gasteiger charge is -2.12. The number of hydrogen-bond acceptors (Lipinski definition) is 5. The average molecular weight is 742 g/mol. The van der Waals surface area contributed by atoms with Crippen LogP contribution in [-0.4, -0.2) is 33.9 Å². The van der Waals surface area contributed by atoms with Crippen molar-refractivity contribution in [1.82, 2.24) is 33.9 Å². The first-order chi connectivity index (χ1) is 28.8. The standard InChI is InChI=1S/C51H31N7/c1-2-13-38-36(11-1)37-12-3-5-17-44(37)57-46-28-27-40-39-14-4-6-18-45(39)58(48(40)41(46)31-47(38)57)51-55-49(34-23-19-32(20-24-34)42-15-7-9-29-52-42)54-50(56-51)35-25-21-33(22-26-35)43-16-8-10-30-53-43/h1-31H. The summed E-state index contributed by atoms with van der Waals surface area (Å²) in [6.07, 6.45) is 3.63. The highest BCUT2D eigenvalue weighted by atomic mass is 15.2. The van der Waals surface area contributed by atoms with Gasteiger partial charge in [0.1, 0.15) is 0 Å². The van der Waals surface area contributed by atoms with Crippen LogP contribution in [0.2, 0.25) is 0 Å². The number of nitrogens with zero attached hydrogens (tertiary/aromatic N) is 7. The minimum Gasteiger partial charge on any atom is -0.309 e. The molecule has 0 saturated carbocycles. The molecule has 7 nitrogen and oxygen atoms in total. The molecular formula is C51H31N7. The fourth-order valence-electron chi connectivity index (χ4n) is 8.61. The second kappa shape index (κ2) is 12.8. The van der Waals surface area contributed by atoms with E-state index < -0.39 is 0 Å². The Morgan fingerprint density at radius 1 is 0.328 bits per heavy atom. The summed E-state index contributed by atoms with van der Waals surface area (Å²) < 4.78 is 4.64. The zero-order valence-corrected chi connectivity index (χ0v) is 31.0. The van der Waals surface area contributed by atoms with Gasteiger partial charge in [0.15, 0.2) is 11.6 Å². The van der Waals surface area contributed by atoms with E-state index in [9.17, 15) is 0 Å². The van der Waals surface area contributed by atoms with E-state index in [1.165, 1.54) is 21.7 Å². The van der Waals surface area contributed by atoms with Crippen molar-refractivity contribution in [1.29, 1.82) is 0 Å². The van der Waals surface area contributed by atoms with Gasteiger partial charge in [0.2, 0.25) is 5.95 Å². The maximum absolute atomic E-state index is 5.31. The van der Waals surface area contributed by atoms with E-state index in [0.29, 0.717) is 17.6 Å². The highest BCUT2D eigenvalue weighted by molar-refractivity contribution is 6.22. The van der Waals surface area contributed by atoms with Gasteiger partial charge in [-0.1, -0.05) is 127 Å². The molecule has 0 radical (unpaired) electrons. The van der Waals surface area contributed by atoms with Gasteiger partial charge >= 0.3 is 0 Å². The average Bonchev–Trinajstić information content (AvgIpc) is 3.87. The molecule has 0 N–H and O–H groups in total. The number of hydrogen-bond donors (Lipinski definition) is 0. The Bertz CT molecular complexity index is 3430. The van der Waals surface area contributed by atoms with Crippen LogP contribution in [0.5, 0.6) is 0 Å². The van der Waals surface area contributed by atoms with E-state index >= 15 is 0 Å². The lowest BCUT2D eigenvalue weighted by atomic mass is 10.1. The van der Waals surface area contributed by atoms with Crippen LogP contribution in [0.1, 0.15) is 0 Å². The fourth-order valence-corrected chi connectivity index (χ4v) is 8.61. The van der Waals surface area contributed by atoms with Crippen LogP contribution in [-0.2, 0) is 0 Å². The summed E-state index contributed by atoms with van der Waals surface area (Å²) >= 11 is 0. The van der Waals surface area contributed by atoms with E-state index in [2.05, 4.69) is 158 Å². The van der Waals surface area contributed by atoms with Crippen molar-refractivity contribution in [2.45, 2.75) is 0 Å². The van der Waals surface area contributed by atoms with Gasteiger partial charge in [-0.05, 0) is 53.9 Å². The molecule has 12 rings (SSSR count). The molecule has 0 aliphatic heterocycles. The third-order valence-corrected chi connectivity index (χ3v) is 11.3. The van der Waals surface area contributed by atoms with Crippen LogP contribution >= 0.6 is 0 Å². The van der Waals surface area contributed by atoms with E-state index in [0.717, 1.165) is 71.9 Å². The molecular weight excluding hydrogens is 711 g/mol. The summed E-state index contributed by atoms with van der Waals surface area (Å²) in [6, 6.07) is 61.3. The first kappa shape index (κ1) is 32.2. The van der Waals surface area contributed by atoms with E-state index in [4.69, 9.17) is 15.0 Å². The summed E-state index contributed by atoms with van der Waals surface area (Å²) in [6.45, 7) is 0. The van der Waals surface area contributed by atoms with Gasteiger partial charge in [0.25, 0.3) is 0 Å². The zero-order valence-electron chi connectivity index (χ0n) is 31.0. The molecule has 0 saturated heterocycles. The van der Waals surface area contributed by atoms with Gasteiger partial charge in [-0.25, -0.2) is 4.98 Å². The third kappa shape index (κ3) is 4.97. The van der Waals surface area contributed by atoms with Crippen LogP contribution in [0.4, 0.5) is 0 Å². The molecule has 6 aromatic carbocycles. The summed E-state index contributed by atoms with van der Waals surface area (Å²) in [5.74, 6) is 1.71. The smallest absolute Gasteiger partial charge is 0.238 e. The molecule has 0 atom stereocenters. The Labute approximate surface area is 332 Å². The minimum absolute atomic E-state index is 0.547. The predicted octanol–water partition coefficient (Wildman–Crippen LogP) is 12.1. The highest BCUT2D eigenvalue weighted by Crippen LogP contribution is 2.41. The lowest BCUT2D eigenvalue weighted by molar-refractivity contribution is 0.955. The Hall–Kier alpha value is -8.03. The molecule has 0 spiro atoms. The summed E-state index contributed by atoms with van der Waals surface area (Å²) in [5.41, 5.74) is 11.2. The van der Waals surface area contributed by atoms with Crippen molar-refractivity contribution in [3.05, 3.63) is 188 Å². The number of rotatable bonds is 5. The molecule has 6 heterocycles. The van der Waals surface area contributed by atoms with E-state index in [-0.39, 0.29) is 0 Å². The Morgan fingerprint density at radius 3 is 1.40 bits per heavy atom. The summed E-state index contributed by atoms with van der Waals surface area (Å²) in [5, 5.41) is 7.06. The molecule has 7 heteroatoms. The number of aromatic nitrogens is 7. The number of pyridine rings is 3. The molecule has 0 amide bonds. The van der Waals surface area contributed by atoms with Gasteiger partial charge in [-0.15, -0.1) is 0 Å². The van der Waals surface area contributed by atoms with Crippen molar-refractivity contribution in [3.63, 3.8) is 0 Å². The molecule has 0 fully saturated rings. The maximum Gasteiger partial charge on any atom is 0.238 e. The lowest BCUT2D eigenvalue weighted by Crippen LogP contribution is -2.06. The molecule has 0 unspecified atom stereocenters. The molecule has 270 valence electrons. The Balaban J connectivity index is 1.14. The van der Waals surface area contributed by atoms with E-state index in [1.807, 2.05) is 48.8 Å². The molecule has 6 aromatic heterocycles. The predicted molar refractivity (Wildman–Crippen MR) is 235 cm³/mol. The quantitative estimate of drug-likeness (QED) is 0.164. The zero-order chi connectivity index (χ0) is 38.2. The largest absolute Gasteiger partial charge is 0.309 e. The second-order valence-electron chi connectivity index (χ2n) is 14.5. The molecule has 58 heavy (non-hydrogen) atoms. The van der Waals surface area contributed by atoms with Crippen molar-refractivity contribution in [3.8, 4) is 51.2 Å². The molecule has 12 aromatic rings. The van der Waals surface area contributed by atoms with Crippen molar-refractivity contribution in [2.24, 2.45) is 0 Å². The van der Waals surface area contributed by atoms with Gasteiger partial charge < -0.3 is 4.40 Å². The van der Waals surface area contributed by atoms with E-state index in [1.54, 1.807) is 0 Å². The maximum atomic E-state index is 5.31. The topological polar surface area (TPSA) is 73.8 Å². The summed E-state index contributed by atoms with van der Waals surface area (Å²) in [7, 11) is 0. The van der Waals surface area contributed by atoms with Gasteiger partial charge in [0, 0.05) is 61.6 Å². The van der Waals surface area contributed by atoms with Crippen LogP contribution in [0.25, 0.3) is 111 Å². The van der Waals surface area contributed by atoms with Crippen LogP contribution < -0.4 is 0 Å². The van der Waals surface area contributed by atoms with Crippen LogP contribution in [0.15, 0.2) is 188 Å².